The van der Waals surface area contributed by atoms with Gasteiger partial charge in [-0.25, -0.2) is 9.36 Å². The van der Waals surface area contributed by atoms with Crippen LogP contribution in [0.4, 0.5) is 5.69 Å². The minimum absolute atomic E-state index is 0.00980. The first-order valence-corrected chi connectivity index (χ1v) is 23.8. The van der Waals surface area contributed by atoms with Gasteiger partial charge >= 0.3 is 0 Å². The molecule has 18 heteroatoms. The van der Waals surface area contributed by atoms with E-state index in [4.69, 9.17) is 11.6 Å². The fourth-order valence-electron chi connectivity index (χ4n) is 9.32. The topological polar surface area (TPSA) is 237 Å². The van der Waals surface area contributed by atoms with E-state index in [0.29, 0.717) is 55.5 Å². The first-order chi connectivity index (χ1) is 36.7. The zero-order chi connectivity index (χ0) is 52.5. The van der Waals surface area contributed by atoms with Crippen molar-refractivity contribution in [3.8, 4) is 56.6 Å². The monoisotopic (exact) mass is 1020 g/mol. The lowest BCUT2D eigenvalue weighted by Crippen LogP contribution is -2.17. The van der Waals surface area contributed by atoms with Crippen molar-refractivity contribution in [1.29, 1.82) is 0 Å². The van der Waals surface area contributed by atoms with Crippen LogP contribution in [0.25, 0.3) is 71.6 Å². The van der Waals surface area contributed by atoms with Crippen molar-refractivity contribution in [2.45, 2.75) is 6.92 Å². The molecule has 0 aliphatic carbocycles. The number of aryl methyl sites for hydroxylation is 1. The molecular weight excluding hydrogens is 986 g/mol. The second-order valence-corrected chi connectivity index (χ2v) is 18.5. The van der Waals surface area contributed by atoms with Crippen LogP contribution < -0.4 is 0 Å². The molecule has 0 saturated heterocycles. The van der Waals surface area contributed by atoms with Crippen molar-refractivity contribution >= 4 is 67.0 Å². The maximum Gasteiger partial charge on any atom is 0.273 e. The smallest absolute Gasteiger partial charge is 0.273 e. The van der Waals surface area contributed by atoms with Crippen molar-refractivity contribution in [3.63, 3.8) is 0 Å². The van der Waals surface area contributed by atoms with E-state index in [-0.39, 0.29) is 40.0 Å². The lowest BCUT2D eigenvalue weighted by Gasteiger charge is -2.18. The van der Waals surface area contributed by atoms with Gasteiger partial charge in [-0.2, -0.15) is 0 Å². The molecule has 0 spiro atoms. The zero-order valence-corrected chi connectivity index (χ0v) is 40.3. The fraction of sp³-hybridized carbons (Fsp3) is 0.0172. The molecule has 3 aromatic heterocycles. The SMILES string of the molecule is Cc1cc(-n2cc(C(=O)c3ccc4ccc(-c5cc(O)c(-n6cc(C(=O)c7ccc8ccccc8c7)[nH]6)cc5Cl)cc4c3)nn2)c(O)cc1-c1ccc2ccc(C(=O)c3cn(-c4ccc([N+](=O)[O-])cc4O)nn3)cc2c1. The quantitative estimate of drug-likeness (QED) is 0.0508. The third kappa shape index (κ3) is 8.33. The average molecular weight is 1020 g/mol. The molecule has 0 bridgehead atoms. The summed E-state index contributed by atoms with van der Waals surface area (Å²) in [5, 5.41) is 68.9. The van der Waals surface area contributed by atoms with Crippen molar-refractivity contribution in [1.82, 2.24) is 39.8 Å². The number of hydrogen-bond acceptors (Lipinski definition) is 12. The number of benzene rings is 9. The maximum atomic E-state index is 13.9. The Kier molecular flexibility index (Phi) is 11.1. The van der Waals surface area contributed by atoms with Crippen molar-refractivity contribution in [3.05, 3.63) is 231 Å². The first kappa shape index (κ1) is 46.5. The number of ketones is 3. The number of phenolic OH excluding ortho intramolecular Hbond substituents is 3. The van der Waals surface area contributed by atoms with Crippen LogP contribution in [-0.2, 0) is 0 Å². The number of rotatable bonds is 12. The number of carbonyl (C=O) groups is 3. The molecule has 0 atom stereocenters. The van der Waals surface area contributed by atoms with Gasteiger partial charge in [0.2, 0.25) is 17.3 Å². The van der Waals surface area contributed by atoms with E-state index in [1.807, 2.05) is 85.8 Å². The standard InChI is InChI=1S/C58H36ClN9O8/c1-31-18-51(54(70)25-44(31)36-11-6-33-9-14-39(22-41(33)20-36)56(72)47-28-66(63-60-47)50-17-16-43(68(75)76)24-53(50)69)67-29-48(61-64-67)57(73)40-15-10-34-7-12-37(21-42(34)23-40)45-26-55(71)52(27-46(45)59)65-30-49(62-65)58(74)38-13-8-32-4-2-3-5-35(32)19-38/h2-30,62,69-71H,1H3. The van der Waals surface area contributed by atoms with Gasteiger partial charge in [-0.15, -0.1) is 10.2 Å². The zero-order valence-electron chi connectivity index (χ0n) is 39.6. The normalized spacial score (nSPS) is 11.4. The van der Waals surface area contributed by atoms with Crippen LogP contribution >= 0.6 is 11.6 Å². The number of aromatic amines is 1. The number of aromatic hydroxyl groups is 3. The molecule has 12 rings (SSSR count). The van der Waals surface area contributed by atoms with Gasteiger partial charge in [0, 0.05) is 28.3 Å². The van der Waals surface area contributed by atoms with Crippen molar-refractivity contribution in [2.24, 2.45) is 0 Å². The minimum atomic E-state index is -0.636. The van der Waals surface area contributed by atoms with Crippen molar-refractivity contribution < 1.29 is 34.6 Å². The van der Waals surface area contributed by atoms with Gasteiger partial charge in [0.25, 0.3) is 5.69 Å². The van der Waals surface area contributed by atoms with E-state index in [2.05, 4.69) is 25.7 Å². The number of nitrogens with zero attached hydrogens (tertiary/aromatic N) is 8. The predicted octanol–water partition coefficient (Wildman–Crippen LogP) is 11.4. The summed E-state index contributed by atoms with van der Waals surface area (Å²) in [6.07, 6.45) is 4.39. The lowest BCUT2D eigenvalue weighted by molar-refractivity contribution is -0.384. The summed E-state index contributed by atoms with van der Waals surface area (Å²) >= 11 is 6.84. The number of nitrogens with one attached hydrogen (secondary N) is 1. The van der Waals surface area contributed by atoms with E-state index in [0.717, 1.165) is 54.2 Å². The van der Waals surface area contributed by atoms with Crippen LogP contribution in [0.2, 0.25) is 5.02 Å². The Balaban J connectivity index is 0.749. The Labute approximate surface area is 433 Å². The number of aromatic nitrogens is 8. The highest BCUT2D eigenvalue weighted by atomic mass is 35.5. The van der Waals surface area contributed by atoms with E-state index in [9.17, 15) is 39.8 Å². The molecule has 17 nitrogen and oxygen atoms in total. The summed E-state index contributed by atoms with van der Waals surface area (Å²) < 4.78 is 4.03. The first-order valence-electron chi connectivity index (χ1n) is 23.4. The Bertz CT molecular complexity index is 4420. The molecule has 3 heterocycles. The summed E-state index contributed by atoms with van der Waals surface area (Å²) in [6, 6.07) is 45.1. The summed E-state index contributed by atoms with van der Waals surface area (Å²) in [5.74, 6) is -1.62. The number of phenols is 3. The molecule has 0 fully saturated rings. The van der Waals surface area contributed by atoms with E-state index in [1.54, 1.807) is 66.9 Å². The number of halogens is 1. The van der Waals surface area contributed by atoms with E-state index < -0.39 is 22.2 Å². The molecule has 0 saturated carbocycles. The van der Waals surface area contributed by atoms with Crippen LogP contribution in [0.5, 0.6) is 17.2 Å². The fourth-order valence-corrected chi connectivity index (χ4v) is 9.58. The third-order valence-corrected chi connectivity index (χ3v) is 13.7. The summed E-state index contributed by atoms with van der Waals surface area (Å²) in [6.45, 7) is 1.87. The Morgan fingerprint density at radius 3 is 1.63 bits per heavy atom. The summed E-state index contributed by atoms with van der Waals surface area (Å²) in [5.41, 5.74) is 5.53. The summed E-state index contributed by atoms with van der Waals surface area (Å²) in [4.78, 5) is 51.2. The third-order valence-electron chi connectivity index (χ3n) is 13.3. The maximum absolute atomic E-state index is 13.9. The molecule has 0 aliphatic heterocycles. The molecule has 12 aromatic rings. The number of nitro benzene ring substituents is 1. The van der Waals surface area contributed by atoms with Gasteiger partial charge in [0.1, 0.15) is 40.0 Å². The van der Waals surface area contributed by atoms with Crippen LogP contribution in [-0.4, -0.2) is 77.4 Å². The number of nitro groups is 1. The number of fused-ring (bicyclic) bond motifs is 3. The largest absolute Gasteiger partial charge is 0.506 e. The molecule has 0 amide bonds. The van der Waals surface area contributed by atoms with Gasteiger partial charge in [-0.05, 0) is 122 Å². The van der Waals surface area contributed by atoms with Gasteiger partial charge in [-0.3, -0.25) is 34.3 Å². The van der Waals surface area contributed by atoms with Crippen LogP contribution in [0.3, 0.4) is 0 Å². The Morgan fingerprint density at radius 1 is 0.526 bits per heavy atom. The Morgan fingerprint density at radius 2 is 1.03 bits per heavy atom. The predicted molar refractivity (Wildman–Crippen MR) is 284 cm³/mol. The lowest BCUT2D eigenvalue weighted by atomic mass is 9.95. The van der Waals surface area contributed by atoms with E-state index >= 15 is 0 Å². The number of non-ortho nitro benzene ring substituents is 1. The van der Waals surface area contributed by atoms with Gasteiger partial charge < -0.3 is 15.3 Å². The molecule has 368 valence electrons. The van der Waals surface area contributed by atoms with Gasteiger partial charge in [0.15, 0.2) is 11.4 Å². The molecule has 4 N–H and O–H groups in total. The average Bonchev–Trinajstić information content (AvgIpc) is 4.14. The molecule has 0 aliphatic rings. The van der Waals surface area contributed by atoms with Gasteiger partial charge in [-0.1, -0.05) is 107 Å². The number of carbonyl (C=O) groups excluding carboxylic acids is 3. The number of hydrogen-bond donors (Lipinski definition) is 4. The van der Waals surface area contributed by atoms with Gasteiger partial charge in [0.05, 0.1) is 34.6 Å². The second kappa shape index (κ2) is 18.2. The Hall–Kier alpha value is -10.5. The number of H-pyrrole nitrogens is 1. The van der Waals surface area contributed by atoms with Crippen LogP contribution in [0.1, 0.15) is 53.7 Å². The van der Waals surface area contributed by atoms with Crippen LogP contribution in [0, 0.1) is 17.0 Å². The second-order valence-electron chi connectivity index (χ2n) is 18.1. The molecular formula is C58H36ClN9O8. The molecule has 0 radical (unpaired) electrons. The molecule has 76 heavy (non-hydrogen) atoms. The minimum Gasteiger partial charge on any atom is -0.506 e. The van der Waals surface area contributed by atoms with Crippen molar-refractivity contribution in [2.75, 3.05) is 0 Å². The van der Waals surface area contributed by atoms with Crippen LogP contribution in [0.15, 0.2) is 176 Å². The highest BCUT2D eigenvalue weighted by molar-refractivity contribution is 6.33. The summed E-state index contributed by atoms with van der Waals surface area (Å²) in [7, 11) is 0. The molecule has 9 aromatic carbocycles. The molecule has 0 unspecified atom stereocenters. The highest BCUT2D eigenvalue weighted by Crippen LogP contribution is 2.38. The highest BCUT2D eigenvalue weighted by Gasteiger charge is 2.22. The van der Waals surface area contributed by atoms with E-state index in [1.165, 1.54) is 33.9 Å².